The third-order valence-corrected chi connectivity index (χ3v) is 6.05. The number of esters is 1. The van der Waals surface area contributed by atoms with Gasteiger partial charge in [-0.25, -0.2) is 4.79 Å². The number of allylic oxidation sites excluding steroid dienone is 2. The van der Waals surface area contributed by atoms with Crippen LogP contribution in [0.5, 0.6) is 0 Å². The van der Waals surface area contributed by atoms with Crippen molar-refractivity contribution in [1.29, 1.82) is 0 Å². The molecule has 8 heteroatoms. The fraction of sp³-hybridized carbons (Fsp3) is 0.318. The highest BCUT2D eigenvalue weighted by atomic mass is 35.5. The van der Waals surface area contributed by atoms with Crippen LogP contribution in [0.3, 0.4) is 0 Å². The quantitative estimate of drug-likeness (QED) is 0.466. The molecule has 0 spiro atoms. The van der Waals surface area contributed by atoms with E-state index in [4.69, 9.17) is 16.3 Å². The summed E-state index contributed by atoms with van der Waals surface area (Å²) in [6.45, 7) is 3.48. The number of hydrogen-bond acceptors (Lipinski definition) is 5. The first kappa shape index (κ1) is 22.1. The second-order valence-corrected chi connectivity index (χ2v) is 8.56. The number of carboxylic acids is 1. The van der Waals surface area contributed by atoms with Gasteiger partial charge in [0.25, 0.3) is 0 Å². The zero-order valence-electron chi connectivity index (χ0n) is 16.6. The van der Waals surface area contributed by atoms with E-state index in [1.54, 1.807) is 55.6 Å². The predicted octanol–water partition coefficient (Wildman–Crippen LogP) is 5.24. The number of anilines is 1. The minimum atomic E-state index is -1.01. The predicted molar refractivity (Wildman–Crippen MR) is 117 cm³/mol. The largest absolute Gasteiger partial charge is 0.481 e. The minimum absolute atomic E-state index is 0.216. The van der Waals surface area contributed by atoms with Gasteiger partial charge in [0, 0.05) is 21.5 Å². The average Bonchev–Trinajstić information content (AvgIpc) is 3.11. The Kier molecular flexibility index (Phi) is 6.95. The highest BCUT2D eigenvalue weighted by molar-refractivity contribution is 7.15. The fourth-order valence-electron chi connectivity index (χ4n) is 3.38. The van der Waals surface area contributed by atoms with Gasteiger partial charge in [-0.15, -0.1) is 11.3 Å². The SMILES string of the molecule is CC(C)OC(=O)c1c(-c2ccccc2Cl)csc1NC(=O)C1CC=CCC1C(=O)O. The first-order valence-electron chi connectivity index (χ1n) is 9.55. The summed E-state index contributed by atoms with van der Waals surface area (Å²) in [6.07, 6.45) is 3.86. The van der Waals surface area contributed by atoms with Crippen LogP contribution >= 0.6 is 22.9 Å². The van der Waals surface area contributed by atoms with Crippen molar-refractivity contribution in [2.75, 3.05) is 5.32 Å². The Bertz CT molecular complexity index is 997. The molecule has 0 aliphatic heterocycles. The van der Waals surface area contributed by atoms with Crippen molar-refractivity contribution in [2.45, 2.75) is 32.8 Å². The lowest BCUT2D eigenvalue weighted by molar-refractivity contribution is -0.146. The van der Waals surface area contributed by atoms with Gasteiger partial charge in [-0.1, -0.05) is 42.0 Å². The number of thiophene rings is 1. The number of aliphatic carboxylic acids is 1. The van der Waals surface area contributed by atoms with Crippen molar-refractivity contribution < 1.29 is 24.2 Å². The third kappa shape index (κ3) is 4.74. The maximum Gasteiger partial charge on any atom is 0.342 e. The molecule has 3 rings (SSSR count). The first-order valence-corrected chi connectivity index (χ1v) is 10.8. The highest BCUT2D eigenvalue weighted by Gasteiger charge is 2.35. The normalized spacial score (nSPS) is 18.3. The standard InChI is InChI=1S/C22H22ClNO5S/c1-12(2)29-22(28)18-16(13-7-5-6-10-17(13)23)11-30-20(18)24-19(25)14-8-3-4-9-15(14)21(26)27/h3-7,10-12,14-15H,8-9H2,1-2H3,(H,24,25)(H,26,27). The van der Waals surface area contributed by atoms with Crippen LogP contribution in [-0.2, 0) is 14.3 Å². The second-order valence-electron chi connectivity index (χ2n) is 7.27. The van der Waals surface area contributed by atoms with Crippen LogP contribution in [0.2, 0.25) is 5.02 Å². The Hall–Kier alpha value is -2.64. The van der Waals surface area contributed by atoms with Crippen LogP contribution in [0.15, 0.2) is 41.8 Å². The van der Waals surface area contributed by atoms with Gasteiger partial charge >= 0.3 is 11.9 Å². The molecule has 0 fully saturated rings. The molecule has 158 valence electrons. The van der Waals surface area contributed by atoms with Crippen LogP contribution in [0.4, 0.5) is 5.00 Å². The molecular formula is C22H22ClNO5S. The van der Waals surface area contributed by atoms with Crippen molar-refractivity contribution in [3.05, 3.63) is 52.4 Å². The summed E-state index contributed by atoms with van der Waals surface area (Å²) >= 11 is 7.50. The first-order chi connectivity index (χ1) is 14.3. The van der Waals surface area contributed by atoms with Crippen molar-refractivity contribution in [3.63, 3.8) is 0 Å². The zero-order chi connectivity index (χ0) is 21.8. The van der Waals surface area contributed by atoms with Crippen LogP contribution in [0, 0.1) is 11.8 Å². The molecule has 1 aromatic carbocycles. The van der Waals surface area contributed by atoms with Gasteiger partial charge in [0.15, 0.2) is 0 Å². The molecule has 6 nitrogen and oxygen atoms in total. The highest BCUT2D eigenvalue weighted by Crippen LogP contribution is 2.40. The maximum atomic E-state index is 12.9. The molecule has 0 saturated carbocycles. The number of ether oxygens (including phenoxy) is 1. The molecule has 0 saturated heterocycles. The number of carbonyl (C=O) groups excluding carboxylic acids is 2. The van der Waals surface area contributed by atoms with E-state index in [1.807, 2.05) is 0 Å². The summed E-state index contributed by atoms with van der Waals surface area (Å²) in [5.74, 6) is -3.54. The van der Waals surface area contributed by atoms with E-state index in [9.17, 15) is 19.5 Å². The number of carboxylic acid groups (broad SMARTS) is 1. The van der Waals surface area contributed by atoms with Crippen LogP contribution in [-0.4, -0.2) is 29.1 Å². The third-order valence-electron chi connectivity index (χ3n) is 4.83. The summed E-state index contributed by atoms with van der Waals surface area (Å²) in [5.41, 5.74) is 1.42. The molecule has 1 heterocycles. The minimum Gasteiger partial charge on any atom is -0.481 e. The van der Waals surface area contributed by atoms with E-state index < -0.39 is 29.7 Å². The zero-order valence-corrected chi connectivity index (χ0v) is 18.1. The molecule has 2 aromatic rings. The Balaban J connectivity index is 1.97. The van der Waals surface area contributed by atoms with Crippen LogP contribution in [0.1, 0.15) is 37.0 Å². The number of amides is 1. The van der Waals surface area contributed by atoms with E-state index in [0.29, 0.717) is 34.0 Å². The van der Waals surface area contributed by atoms with Crippen LogP contribution in [0.25, 0.3) is 11.1 Å². The van der Waals surface area contributed by atoms with Gasteiger partial charge in [0.2, 0.25) is 5.91 Å². The lowest BCUT2D eigenvalue weighted by Crippen LogP contribution is -2.34. The van der Waals surface area contributed by atoms with Crippen molar-refractivity contribution in [3.8, 4) is 11.1 Å². The average molecular weight is 448 g/mol. The van der Waals surface area contributed by atoms with Gasteiger partial charge in [-0.2, -0.15) is 0 Å². The van der Waals surface area contributed by atoms with E-state index >= 15 is 0 Å². The number of rotatable bonds is 6. The fourth-order valence-corrected chi connectivity index (χ4v) is 4.57. The molecule has 2 unspecified atom stereocenters. The summed E-state index contributed by atoms with van der Waals surface area (Å²) in [4.78, 5) is 37.3. The molecular weight excluding hydrogens is 426 g/mol. The molecule has 1 amide bonds. The van der Waals surface area contributed by atoms with Gasteiger partial charge in [0.05, 0.1) is 17.9 Å². The molecule has 1 aliphatic carbocycles. The Morgan fingerprint density at radius 1 is 1.13 bits per heavy atom. The summed E-state index contributed by atoms with van der Waals surface area (Å²) in [7, 11) is 0. The molecule has 0 bridgehead atoms. The number of nitrogens with one attached hydrogen (secondary N) is 1. The lowest BCUT2D eigenvalue weighted by Gasteiger charge is -2.24. The molecule has 0 radical (unpaired) electrons. The van der Waals surface area contributed by atoms with E-state index in [2.05, 4.69) is 5.32 Å². The van der Waals surface area contributed by atoms with Crippen molar-refractivity contribution >= 4 is 45.8 Å². The van der Waals surface area contributed by atoms with E-state index in [-0.39, 0.29) is 11.7 Å². The monoisotopic (exact) mass is 447 g/mol. The van der Waals surface area contributed by atoms with E-state index in [1.165, 1.54) is 11.3 Å². The number of carbonyl (C=O) groups is 3. The van der Waals surface area contributed by atoms with E-state index in [0.717, 1.165) is 0 Å². The Labute approximate surface area is 183 Å². The number of benzene rings is 1. The van der Waals surface area contributed by atoms with Gasteiger partial charge in [0.1, 0.15) is 10.6 Å². The second kappa shape index (κ2) is 9.45. The molecule has 30 heavy (non-hydrogen) atoms. The summed E-state index contributed by atoms with van der Waals surface area (Å²) in [6, 6.07) is 7.10. The van der Waals surface area contributed by atoms with Crippen molar-refractivity contribution in [2.24, 2.45) is 11.8 Å². The lowest BCUT2D eigenvalue weighted by atomic mass is 9.82. The summed E-state index contributed by atoms with van der Waals surface area (Å²) < 4.78 is 5.39. The maximum absolute atomic E-state index is 12.9. The Morgan fingerprint density at radius 2 is 1.80 bits per heavy atom. The molecule has 2 N–H and O–H groups in total. The van der Waals surface area contributed by atoms with Gasteiger partial charge < -0.3 is 15.2 Å². The molecule has 1 aromatic heterocycles. The molecule has 2 atom stereocenters. The smallest absolute Gasteiger partial charge is 0.342 e. The Morgan fingerprint density at radius 3 is 2.43 bits per heavy atom. The van der Waals surface area contributed by atoms with Gasteiger partial charge in [-0.3, -0.25) is 9.59 Å². The van der Waals surface area contributed by atoms with Gasteiger partial charge in [-0.05, 0) is 32.8 Å². The topological polar surface area (TPSA) is 92.7 Å². The molecule has 1 aliphatic rings. The van der Waals surface area contributed by atoms with Crippen molar-refractivity contribution in [1.82, 2.24) is 0 Å². The number of halogens is 1. The number of hydrogen-bond donors (Lipinski definition) is 2. The van der Waals surface area contributed by atoms with Crippen LogP contribution < -0.4 is 5.32 Å². The summed E-state index contributed by atoms with van der Waals surface area (Å²) in [5, 5.41) is 14.7.